The third kappa shape index (κ3) is 4.61. The van der Waals surface area contributed by atoms with Gasteiger partial charge in [0.2, 0.25) is 0 Å². The van der Waals surface area contributed by atoms with Crippen molar-refractivity contribution in [3.63, 3.8) is 0 Å². The van der Waals surface area contributed by atoms with Crippen LogP contribution in [-0.2, 0) is 0 Å². The lowest BCUT2D eigenvalue weighted by molar-refractivity contribution is 0.317. The van der Waals surface area contributed by atoms with Crippen molar-refractivity contribution in [2.45, 2.75) is 27.2 Å². The van der Waals surface area contributed by atoms with Gasteiger partial charge in [0.15, 0.2) is 0 Å². The molecule has 0 fully saturated rings. The van der Waals surface area contributed by atoms with Crippen LogP contribution in [0.1, 0.15) is 32.8 Å². The van der Waals surface area contributed by atoms with Crippen LogP contribution in [0.2, 0.25) is 0 Å². The van der Waals surface area contributed by atoms with Crippen LogP contribution in [0.4, 0.5) is 0 Å². The molecule has 0 radical (unpaired) electrons. The van der Waals surface area contributed by atoms with E-state index in [9.17, 15) is 0 Å². The second-order valence-corrected chi connectivity index (χ2v) is 4.50. The van der Waals surface area contributed by atoms with Crippen molar-refractivity contribution >= 4 is 6.08 Å². The highest BCUT2D eigenvalue weighted by Gasteiger charge is 2.01. The third-order valence-corrected chi connectivity index (χ3v) is 2.68. The lowest BCUT2D eigenvalue weighted by Gasteiger charge is -2.09. The molecule has 0 aliphatic rings. The summed E-state index contributed by atoms with van der Waals surface area (Å²) in [5.74, 6) is 1.43. The van der Waals surface area contributed by atoms with Gasteiger partial charge in [-0.3, -0.25) is 0 Å². The Hall–Kier alpha value is -1.28. The lowest BCUT2D eigenvalue weighted by atomic mass is 10.0. The number of benzene rings is 1. The quantitative estimate of drug-likeness (QED) is 0.816. The van der Waals surface area contributed by atoms with Crippen molar-refractivity contribution < 1.29 is 4.74 Å². The fraction of sp³-hybridized carbons (Fsp3) is 0.467. The molecule has 17 heavy (non-hydrogen) atoms. The average molecular weight is 233 g/mol. The molecule has 1 aromatic rings. The average Bonchev–Trinajstić information content (AvgIpc) is 2.34. The first-order valence-corrected chi connectivity index (χ1v) is 6.30. The van der Waals surface area contributed by atoms with Crippen LogP contribution in [0.5, 0.6) is 5.75 Å². The van der Waals surface area contributed by atoms with Gasteiger partial charge in [-0.25, -0.2) is 0 Å². The third-order valence-electron chi connectivity index (χ3n) is 2.68. The summed E-state index contributed by atoms with van der Waals surface area (Å²) in [7, 11) is 0. The highest BCUT2D eigenvalue weighted by Crippen LogP contribution is 2.17. The monoisotopic (exact) mass is 233 g/mol. The number of ether oxygens (including phenoxy) is 1. The van der Waals surface area contributed by atoms with E-state index >= 15 is 0 Å². The van der Waals surface area contributed by atoms with Crippen LogP contribution in [-0.4, -0.2) is 13.2 Å². The lowest BCUT2D eigenvalue weighted by Crippen LogP contribution is -2.08. The van der Waals surface area contributed by atoms with Gasteiger partial charge >= 0.3 is 0 Å². The fourth-order valence-corrected chi connectivity index (χ4v) is 1.56. The number of hydrogen-bond acceptors (Lipinski definition) is 2. The Bertz CT molecular complexity index is 352. The van der Waals surface area contributed by atoms with Crippen LogP contribution in [0.3, 0.4) is 0 Å². The smallest absolute Gasteiger partial charge is 0.119 e. The fourth-order valence-electron chi connectivity index (χ4n) is 1.56. The van der Waals surface area contributed by atoms with Crippen molar-refractivity contribution in [2.24, 2.45) is 11.7 Å². The number of hydrogen-bond donors (Lipinski definition) is 1. The van der Waals surface area contributed by atoms with Gasteiger partial charge in [-0.15, -0.1) is 0 Å². The molecule has 0 saturated heterocycles. The molecule has 2 heteroatoms. The van der Waals surface area contributed by atoms with Gasteiger partial charge in [0, 0.05) is 6.54 Å². The van der Waals surface area contributed by atoms with Crippen molar-refractivity contribution in [2.75, 3.05) is 13.2 Å². The Morgan fingerprint density at radius 2 is 1.94 bits per heavy atom. The summed E-state index contributed by atoms with van der Waals surface area (Å²) in [4.78, 5) is 0. The number of nitrogens with two attached hydrogens (primary N) is 1. The molecule has 0 amide bonds. The molecule has 0 saturated carbocycles. The van der Waals surface area contributed by atoms with Crippen molar-refractivity contribution in [3.8, 4) is 5.75 Å². The van der Waals surface area contributed by atoms with Crippen LogP contribution < -0.4 is 10.5 Å². The molecule has 0 aromatic heterocycles. The van der Waals surface area contributed by atoms with E-state index in [1.165, 1.54) is 11.1 Å². The van der Waals surface area contributed by atoms with E-state index in [0.717, 1.165) is 18.8 Å². The molecule has 2 N–H and O–H groups in total. The van der Waals surface area contributed by atoms with E-state index in [4.69, 9.17) is 10.5 Å². The van der Waals surface area contributed by atoms with Gasteiger partial charge in [-0.1, -0.05) is 44.6 Å². The summed E-state index contributed by atoms with van der Waals surface area (Å²) in [6, 6.07) is 8.16. The first-order chi connectivity index (χ1) is 8.17. The second-order valence-electron chi connectivity index (χ2n) is 4.50. The first-order valence-electron chi connectivity index (χ1n) is 6.30. The Balaban J connectivity index is 2.73. The summed E-state index contributed by atoms with van der Waals surface area (Å²) < 4.78 is 5.54. The van der Waals surface area contributed by atoms with Gasteiger partial charge in [0.25, 0.3) is 0 Å². The maximum Gasteiger partial charge on any atom is 0.119 e. The van der Waals surface area contributed by atoms with Crippen molar-refractivity contribution in [1.29, 1.82) is 0 Å². The molecule has 0 spiro atoms. The number of rotatable bonds is 6. The molecule has 0 heterocycles. The van der Waals surface area contributed by atoms with E-state index in [-0.39, 0.29) is 0 Å². The minimum absolute atomic E-state index is 0.496. The minimum atomic E-state index is 0.496. The van der Waals surface area contributed by atoms with E-state index in [0.29, 0.717) is 12.5 Å². The second kappa shape index (κ2) is 7.13. The SMILES string of the molecule is CCCOc1ccc(C=C(CN)C(C)C)cc1. The van der Waals surface area contributed by atoms with Crippen molar-refractivity contribution in [3.05, 3.63) is 35.4 Å². The van der Waals surface area contributed by atoms with Crippen molar-refractivity contribution in [1.82, 2.24) is 0 Å². The maximum atomic E-state index is 5.72. The molecule has 0 unspecified atom stereocenters. The normalized spacial score (nSPS) is 11.9. The summed E-state index contributed by atoms with van der Waals surface area (Å²) in [6.07, 6.45) is 3.20. The van der Waals surface area contributed by atoms with Crippen LogP contribution in [0.15, 0.2) is 29.8 Å². The molecular formula is C15H23NO. The van der Waals surface area contributed by atoms with E-state index in [1.54, 1.807) is 0 Å². The topological polar surface area (TPSA) is 35.2 Å². The Morgan fingerprint density at radius 3 is 2.41 bits per heavy atom. The van der Waals surface area contributed by atoms with Crippen LogP contribution in [0.25, 0.3) is 6.08 Å². The zero-order valence-electron chi connectivity index (χ0n) is 11.1. The van der Waals surface area contributed by atoms with Gasteiger partial charge in [-0.2, -0.15) is 0 Å². The minimum Gasteiger partial charge on any atom is -0.494 e. The molecule has 0 aliphatic carbocycles. The molecule has 1 rings (SSSR count). The van der Waals surface area contributed by atoms with Gasteiger partial charge in [-0.05, 0) is 30.0 Å². The zero-order chi connectivity index (χ0) is 12.7. The Morgan fingerprint density at radius 1 is 1.29 bits per heavy atom. The van der Waals surface area contributed by atoms with Gasteiger partial charge in [0.1, 0.15) is 5.75 Å². The predicted molar refractivity (Wildman–Crippen MR) is 74.1 cm³/mol. The summed E-state index contributed by atoms with van der Waals surface area (Å²) in [6.45, 7) is 7.82. The van der Waals surface area contributed by atoms with Gasteiger partial charge < -0.3 is 10.5 Å². The van der Waals surface area contributed by atoms with E-state index in [1.807, 2.05) is 12.1 Å². The molecule has 0 bridgehead atoms. The van der Waals surface area contributed by atoms with Crippen LogP contribution in [0, 0.1) is 5.92 Å². The Kier molecular flexibility index (Phi) is 5.78. The van der Waals surface area contributed by atoms with Gasteiger partial charge in [0.05, 0.1) is 6.61 Å². The highest BCUT2D eigenvalue weighted by atomic mass is 16.5. The molecule has 1 aromatic carbocycles. The summed E-state index contributed by atoms with van der Waals surface area (Å²) >= 11 is 0. The predicted octanol–water partition coefficient (Wildman–Crippen LogP) is 3.47. The van der Waals surface area contributed by atoms with E-state index < -0.39 is 0 Å². The highest BCUT2D eigenvalue weighted by molar-refractivity contribution is 5.54. The Labute approximate surface area is 104 Å². The molecule has 2 nitrogen and oxygen atoms in total. The largest absolute Gasteiger partial charge is 0.494 e. The standard InChI is InChI=1S/C15H23NO/c1-4-9-17-15-7-5-13(6-8-15)10-14(11-16)12(2)3/h5-8,10,12H,4,9,11,16H2,1-3H3. The van der Waals surface area contributed by atoms with Crippen LogP contribution >= 0.6 is 0 Å². The molecule has 94 valence electrons. The summed E-state index contributed by atoms with van der Waals surface area (Å²) in [5.41, 5.74) is 8.18. The maximum absolute atomic E-state index is 5.72. The molecule has 0 atom stereocenters. The summed E-state index contributed by atoms with van der Waals surface area (Å²) in [5, 5.41) is 0. The van der Waals surface area contributed by atoms with E-state index in [2.05, 4.69) is 39.0 Å². The molecular weight excluding hydrogens is 210 g/mol. The molecule has 0 aliphatic heterocycles. The zero-order valence-corrected chi connectivity index (χ0v) is 11.1. The first kappa shape index (κ1) is 13.8.